The molecule has 6 heavy (non-hydrogen) atoms. The summed E-state index contributed by atoms with van der Waals surface area (Å²) in [5.41, 5.74) is 0. The molecular formula is C4H9OTi. The zero-order chi connectivity index (χ0) is 4.12. The van der Waals surface area contributed by atoms with Crippen molar-refractivity contribution < 1.29 is 26.8 Å². The fourth-order valence-corrected chi connectivity index (χ4v) is 0.144. The van der Waals surface area contributed by atoms with E-state index in [9.17, 15) is 5.11 Å². The van der Waals surface area contributed by atoms with Crippen LogP contribution in [0.25, 0.3) is 0 Å². The smallest absolute Gasteiger partial charge is 0.854 e. The minimum Gasteiger partial charge on any atom is -0.854 e. The van der Waals surface area contributed by atoms with Crippen molar-refractivity contribution in [1.29, 1.82) is 0 Å². The summed E-state index contributed by atoms with van der Waals surface area (Å²) >= 11 is 0. The van der Waals surface area contributed by atoms with Crippen LogP contribution in [0.5, 0.6) is 0 Å². The Morgan fingerprint density at radius 3 is 2.00 bits per heavy atom. The van der Waals surface area contributed by atoms with Crippen molar-refractivity contribution in [3.63, 3.8) is 0 Å². The molecule has 0 bridgehead atoms. The molecule has 0 aliphatic rings. The Balaban J connectivity index is 0. The second-order valence-corrected chi connectivity index (χ2v) is 1.06. The van der Waals surface area contributed by atoms with Crippen molar-refractivity contribution in [2.24, 2.45) is 0 Å². The van der Waals surface area contributed by atoms with Crippen molar-refractivity contribution in [2.75, 3.05) is 6.61 Å². The van der Waals surface area contributed by atoms with E-state index in [1.807, 2.05) is 6.92 Å². The molecule has 0 aromatic carbocycles. The van der Waals surface area contributed by atoms with Crippen LogP contribution in [0.1, 0.15) is 19.8 Å². The van der Waals surface area contributed by atoms with Crippen molar-refractivity contribution >= 4 is 0 Å². The van der Waals surface area contributed by atoms with Gasteiger partial charge in [0.25, 0.3) is 0 Å². The summed E-state index contributed by atoms with van der Waals surface area (Å²) in [6.45, 7) is 2.11. The minimum absolute atomic E-state index is 0. The fraction of sp³-hybridized carbons (Fsp3) is 1.00. The van der Waals surface area contributed by atoms with E-state index in [-0.39, 0.29) is 28.3 Å². The zero-order valence-corrected chi connectivity index (χ0v) is 5.59. The normalized spacial score (nSPS) is 7.00. The molecule has 0 atom stereocenters. The van der Waals surface area contributed by atoms with Crippen LogP contribution in [0.4, 0.5) is 0 Å². The Bertz CT molecular complexity index is 15.0. The molecule has 1 radical (unpaired) electrons. The van der Waals surface area contributed by atoms with Crippen LogP contribution in [0.2, 0.25) is 0 Å². The first kappa shape index (κ1) is 9.84. The van der Waals surface area contributed by atoms with Crippen LogP contribution >= 0.6 is 0 Å². The van der Waals surface area contributed by atoms with E-state index in [4.69, 9.17) is 0 Å². The third kappa shape index (κ3) is 8.82. The Morgan fingerprint density at radius 2 is 2.00 bits per heavy atom. The summed E-state index contributed by atoms with van der Waals surface area (Å²) in [4.78, 5) is 0. The van der Waals surface area contributed by atoms with Gasteiger partial charge in [-0.1, -0.05) is 19.8 Å². The molecule has 0 unspecified atom stereocenters. The Hall–Kier alpha value is 0.674. The van der Waals surface area contributed by atoms with Gasteiger partial charge in [-0.25, -0.2) is 0 Å². The molecule has 0 aromatic rings. The van der Waals surface area contributed by atoms with Gasteiger partial charge in [0, 0.05) is 0 Å². The number of unbranched alkanes of at least 4 members (excludes halogenated alkanes) is 1. The molecule has 2 heteroatoms. The SMILES string of the molecule is CCCC[O-].[Ti+]. The van der Waals surface area contributed by atoms with Gasteiger partial charge in [0.1, 0.15) is 0 Å². The molecule has 0 saturated carbocycles. The van der Waals surface area contributed by atoms with E-state index in [0.29, 0.717) is 0 Å². The van der Waals surface area contributed by atoms with Gasteiger partial charge in [0.05, 0.1) is 0 Å². The summed E-state index contributed by atoms with van der Waals surface area (Å²) in [7, 11) is 0. The average Bonchev–Trinajstić information content (AvgIpc) is 1.41. The molecule has 0 amide bonds. The van der Waals surface area contributed by atoms with Gasteiger partial charge in [-0.3, -0.25) is 0 Å². The van der Waals surface area contributed by atoms with Gasteiger partial charge >= 0.3 is 21.7 Å². The van der Waals surface area contributed by atoms with Crippen molar-refractivity contribution in [3.8, 4) is 0 Å². The summed E-state index contributed by atoms with van der Waals surface area (Å²) in [6, 6.07) is 0. The molecule has 0 spiro atoms. The van der Waals surface area contributed by atoms with Gasteiger partial charge in [0.15, 0.2) is 0 Å². The van der Waals surface area contributed by atoms with Gasteiger partial charge in [0.2, 0.25) is 0 Å². The second kappa shape index (κ2) is 9.18. The van der Waals surface area contributed by atoms with E-state index in [1.165, 1.54) is 0 Å². The van der Waals surface area contributed by atoms with Gasteiger partial charge in [-0.15, -0.1) is 6.61 Å². The summed E-state index contributed by atoms with van der Waals surface area (Å²) in [5, 5.41) is 9.53. The monoisotopic (exact) mass is 121 g/mol. The minimum atomic E-state index is 0. The number of hydrogen-bond donors (Lipinski definition) is 0. The Morgan fingerprint density at radius 1 is 1.50 bits per heavy atom. The zero-order valence-electron chi connectivity index (χ0n) is 4.03. The van der Waals surface area contributed by atoms with E-state index in [0.717, 1.165) is 12.8 Å². The summed E-state index contributed by atoms with van der Waals surface area (Å²) in [6.07, 6.45) is 1.86. The fourth-order valence-electron chi connectivity index (χ4n) is 0.144. The average molecular weight is 121 g/mol. The molecule has 0 aromatic heterocycles. The number of hydrogen-bond acceptors (Lipinski definition) is 1. The van der Waals surface area contributed by atoms with Crippen LogP contribution in [-0.4, -0.2) is 6.61 Å². The van der Waals surface area contributed by atoms with Crippen LogP contribution < -0.4 is 5.11 Å². The van der Waals surface area contributed by atoms with E-state index in [2.05, 4.69) is 0 Å². The standard InChI is InChI=1S/C4H9O.Ti/c1-2-3-4-5;/h2-4H2,1H3;/q-1;+1. The molecular weight excluding hydrogens is 112 g/mol. The van der Waals surface area contributed by atoms with Gasteiger partial charge in [-0.05, 0) is 0 Å². The van der Waals surface area contributed by atoms with Crippen LogP contribution in [0.3, 0.4) is 0 Å². The first-order valence-corrected chi connectivity index (χ1v) is 2.00. The maximum Gasteiger partial charge on any atom is 1.00 e. The third-order valence-corrected chi connectivity index (χ3v) is 0.498. The molecule has 0 fully saturated rings. The topological polar surface area (TPSA) is 23.1 Å². The molecule has 0 aliphatic heterocycles. The van der Waals surface area contributed by atoms with Gasteiger partial charge < -0.3 is 5.11 Å². The molecule has 0 aliphatic carbocycles. The molecule has 0 heterocycles. The Labute approximate surface area is 53.6 Å². The van der Waals surface area contributed by atoms with Crippen LogP contribution in [0.15, 0.2) is 0 Å². The largest absolute Gasteiger partial charge is 1.00 e. The molecule has 0 rings (SSSR count). The first-order valence-electron chi connectivity index (χ1n) is 2.00. The van der Waals surface area contributed by atoms with Crippen molar-refractivity contribution in [2.45, 2.75) is 19.8 Å². The van der Waals surface area contributed by atoms with E-state index in [1.54, 1.807) is 0 Å². The second-order valence-electron chi connectivity index (χ2n) is 1.06. The molecule has 0 saturated heterocycles. The summed E-state index contributed by atoms with van der Waals surface area (Å²) in [5.74, 6) is 0. The van der Waals surface area contributed by atoms with Crippen molar-refractivity contribution in [3.05, 3.63) is 0 Å². The van der Waals surface area contributed by atoms with Crippen LogP contribution in [-0.2, 0) is 21.7 Å². The maximum atomic E-state index is 9.53. The molecule has 1 nitrogen and oxygen atoms in total. The number of rotatable bonds is 2. The predicted octanol–water partition coefficient (Wildman–Crippen LogP) is 0.144. The quantitative estimate of drug-likeness (QED) is 0.476. The van der Waals surface area contributed by atoms with E-state index < -0.39 is 0 Å². The van der Waals surface area contributed by atoms with E-state index >= 15 is 0 Å². The summed E-state index contributed by atoms with van der Waals surface area (Å²) < 4.78 is 0. The van der Waals surface area contributed by atoms with Crippen molar-refractivity contribution in [1.82, 2.24) is 0 Å². The molecule has 0 N–H and O–H groups in total. The maximum absolute atomic E-state index is 9.53. The van der Waals surface area contributed by atoms with Gasteiger partial charge in [-0.2, -0.15) is 0 Å². The first-order chi connectivity index (χ1) is 2.41. The Kier molecular flexibility index (Phi) is 15.1. The molecule has 35 valence electrons. The van der Waals surface area contributed by atoms with Crippen LogP contribution in [0, 0.1) is 0 Å². The third-order valence-electron chi connectivity index (χ3n) is 0.498. The predicted molar refractivity (Wildman–Crippen MR) is 19.8 cm³/mol.